The molecule has 0 aliphatic carbocycles. The third-order valence-electron chi connectivity index (χ3n) is 12.9. The van der Waals surface area contributed by atoms with Gasteiger partial charge in [-0.3, -0.25) is 0 Å². The maximum absolute atomic E-state index is 6.74. The number of hydrogen-bond acceptors (Lipinski definition) is 7. The fourth-order valence-corrected chi connectivity index (χ4v) is 12.8. The van der Waals surface area contributed by atoms with E-state index in [1.807, 2.05) is 23.5 Å². The van der Waals surface area contributed by atoms with Crippen LogP contribution in [0.2, 0.25) is 0 Å². The Morgan fingerprint density at radius 3 is 1.66 bits per heavy atom. The second-order valence-corrected chi connectivity index (χ2v) is 18.4. The number of thioether (sulfide) groups is 2. The van der Waals surface area contributed by atoms with Crippen LogP contribution in [0, 0.1) is 0 Å². The molecule has 9 heteroatoms. The molecule has 0 saturated heterocycles. The number of unbranched alkanes of at least 4 members (excludes halogenated alkanes) is 3. The van der Waals surface area contributed by atoms with Crippen LogP contribution < -0.4 is 33.7 Å². The zero-order chi connectivity index (χ0) is 38.2. The lowest BCUT2D eigenvalue weighted by atomic mass is 9.90. The van der Waals surface area contributed by atoms with Crippen molar-refractivity contribution in [1.29, 1.82) is 0 Å². The van der Waals surface area contributed by atoms with Gasteiger partial charge < -0.3 is 24.6 Å². The standard InChI is InChI=1S/C49H47N5O2S2/c1(2-8-26-51-28-20-32-44-36(51)14-9-16-38(44)55-40-22-30-53-34-12-3-5-18-42(34)57-48(53)46(32)40)7-24-50-25-11-27-52-29-21-33-45-37(52)15-10-17-39(45)56-41-23-31-54-35-13-4-6-19-43(35)58-49(54)47(33)41/h3-6,9-10,12-21,28-29,40-41,50H,1-2,7-8,11,22-27,30-31H2/q+2. The highest BCUT2D eigenvalue weighted by Gasteiger charge is 2.42. The number of benzene rings is 4. The van der Waals surface area contributed by atoms with E-state index in [-0.39, 0.29) is 12.2 Å². The summed E-state index contributed by atoms with van der Waals surface area (Å²) in [7, 11) is 0. The minimum atomic E-state index is 0.111. The van der Waals surface area contributed by atoms with Crippen molar-refractivity contribution in [3.63, 3.8) is 0 Å². The van der Waals surface area contributed by atoms with Gasteiger partial charge in [0.15, 0.2) is 12.4 Å². The Bertz CT molecular complexity index is 2530. The summed E-state index contributed by atoms with van der Waals surface area (Å²) in [6.07, 6.45) is 12.8. The SMILES string of the molecule is c1ccc2c(c1)SC1=C3c4cc[n+](CCCCCCNCCC[n+]5ccc6c7c(cccc75)OC5CCN7C(=C65)Sc5ccccc57)c5cccc(c45)OC3CCN12. The van der Waals surface area contributed by atoms with Crippen molar-refractivity contribution in [3.05, 3.63) is 131 Å². The number of aryl methyl sites for hydroxylation is 2. The van der Waals surface area contributed by atoms with E-state index in [4.69, 9.17) is 9.47 Å². The van der Waals surface area contributed by atoms with Crippen LogP contribution in [0.4, 0.5) is 11.4 Å². The van der Waals surface area contributed by atoms with Crippen molar-refractivity contribution in [2.45, 2.75) is 80.0 Å². The number of pyridine rings is 2. The fraction of sp³-hybridized carbons (Fsp3) is 0.306. The predicted molar refractivity (Wildman–Crippen MR) is 235 cm³/mol. The normalized spacial score (nSPS) is 19.4. The molecule has 0 saturated carbocycles. The molecule has 4 aromatic carbocycles. The first kappa shape index (κ1) is 35.0. The second kappa shape index (κ2) is 14.4. The quantitative estimate of drug-likeness (QED) is 0.103. The van der Waals surface area contributed by atoms with E-state index in [1.165, 1.54) is 101 Å². The first-order valence-electron chi connectivity index (χ1n) is 21.3. The molecule has 6 aliphatic rings. The minimum Gasteiger partial charge on any atom is -0.485 e. The van der Waals surface area contributed by atoms with Crippen LogP contribution in [0.1, 0.15) is 56.1 Å². The van der Waals surface area contributed by atoms with E-state index in [1.54, 1.807) is 0 Å². The Labute approximate surface area is 348 Å². The number of ether oxygens (including phenoxy) is 2. The molecule has 0 radical (unpaired) electrons. The maximum Gasteiger partial charge on any atom is 0.216 e. The van der Waals surface area contributed by atoms with Crippen molar-refractivity contribution < 1.29 is 18.6 Å². The first-order valence-corrected chi connectivity index (χ1v) is 22.9. The smallest absolute Gasteiger partial charge is 0.216 e. The third kappa shape index (κ3) is 5.68. The number of aromatic nitrogens is 2. The minimum absolute atomic E-state index is 0.111. The molecular formula is C49H47N5O2S2+2. The van der Waals surface area contributed by atoms with E-state index in [0.717, 1.165) is 70.0 Å². The number of nitrogens with one attached hydrogen (secondary N) is 1. The third-order valence-corrected chi connectivity index (χ3v) is 15.3. The Balaban J connectivity index is 0.651. The Morgan fingerprint density at radius 1 is 0.552 bits per heavy atom. The highest BCUT2D eigenvalue weighted by atomic mass is 32.2. The molecule has 58 heavy (non-hydrogen) atoms. The van der Waals surface area contributed by atoms with Gasteiger partial charge in [-0.2, -0.15) is 9.13 Å². The molecule has 12 rings (SSSR count). The summed E-state index contributed by atoms with van der Waals surface area (Å²) >= 11 is 3.81. The summed E-state index contributed by atoms with van der Waals surface area (Å²) < 4.78 is 18.3. The molecule has 6 aliphatic heterocycles. The molecule has 1 N–H and O–H groups in total. The molecule has 2 atom stereocenters. The van der Waals surface area contributed by atoms with Gasteiger partial charge in [0.1, 0.15) is 36.8 Å². The lowest BCUT2D eigenvalue weighted by molar-refractivity contribution is -0.672. The van der Waals surface area contributed by atoms with Crippen LogP contribution >= 0.6 is 23.5 Å². The van der Waals surface area contributed by atoms with Crippen LogP contribution in [0.25, 0.3) is 33.0 Å². The van der Waals surface area contributed by atoms with E-state index >= 15 is 0 Å². The number of fused-ring (bicyclic) bond motifs is 10. The highest BCUT2D eigenvalue weighted by Crippen LogP contribution is 2.56. The number of para-hydroxylation sites is 2. The van der Waals surface area contributed by atoms with Gasteiger partial charge in [-0.15, -0.1) is 0 Å². The average molecular weight is 802 g/mol. The Hall–Kier alpha value is -4.96. The van der Waals surface area contributed by atoms with Crippen LogP contribution in [-0.4, -0.2) is 38.4 Å². The Kier molecular flexibility index (Phi) is 8.69. The lowest BCUT2D eigenvalue weighted by Gasteiger charge is -2.37. The molecule has 0 fully saturated rings. The maximum atomic E-state index is 6.74. The number of hydrogen-bond donors (Lipinski definition) is 1. The van der Waals surface area contributed by atoms with Crippen LogP contribution in [-0.2, 0) is 13.1 Å². The molecule has 2 unspecified atom stereocenters. The summed E-state index contributed by atoms with van der Waals surface area (Å²) in [6, 6.07) is 35.5. The summed E-state index contributed by atoms with van der Waals surface area (Å²) in [5, 5.41) is 8.97. The largest absolute Gasteiger partial charge is 0.485 e. The highest BCUT2D eigenvalue weighted by molar-refractivity contribution is 8.04. The van der Waals surface area contributed by atoms with Gasteiger partial charge in [0.25, 0.3) is 0 Å². The van der Waals surface area contributed by atoms with Crippen LogP contribution in [0.15, 0.2) is 129 Å². The van der Waals surface area contributed by atoms with E-state index in [0.29, 0.717) is 0 Å². The average Bonchev–Trinajstić information content (AvgIpc) is 3.84. The van der Waals surface area contributed by atoms with Gasteiger partial charge in [0.2, 0.25) is 11.0 Å². The molecule has 0 bridgehead atoms. The number of nitrogens with zero attached hydrogens (tertiary/aromatic N) is 4. The molecule has 7 nitrogen and oxygen atoms in total. The molecule has 2 aromatic heterocycles. The van der Waals surface area contributed by atoms with E-state index in [9.17, 15) is 0 Å². The second-order valence-electron chi connectivity index (χ2n) is 16.3. The molecule has 290 valence electrons. The van der Waals surface area contributed by atoms with Gasteiger partial charge >= 0.3 is 0 Å². The zero-order valence-electron chi connectivity index (χ0n) is 32.7. The summed E-state index contributed by atoms with van der Waals surface area (Å²) in [5.41, 5.74) is 10.6. The molecular weight excluding hydrogens is 755 g/mol. The molecule has 0 spiro atoms. The molecule has 0 amide bonds. The van der Waals surface area contributed by atoms with E-state index < -0.39 is 0 Å². The lowest BCUT2D eigenvalue weighted by Crippen LogP contribution is -2.39. The predicted octanol–water partition coefficient (Wildman–Crippen LogP) is 9.70. The molecule has 8 heterocycles. The molecule has 6 aromatic rings. The van der Waals surface area contributed by atoms with Crippen LogP contribution in [0.5, 0.6) is 11.5 Å². The monoisotopic (exact) mass is 801 g/mol. The topological polar surface area (TPSA) is 44.7 Å². The fourth-order valence-electron chi connectivity index (χ4n) is 10.2. The summed E-state index contributed by atoms with van der Waals surface area (Å²) in [5.74, 6) is 2.07. The van der Waals surface area contributed by atoms with Crippen molar-refractivity contribution >= 4 is 67.9 Å². The number of rotatable bonds is 11. The van der Waals surface area contributed by atoms with Crippen molar-refractivity contribution in [3.8, 4) is 11.5 Å². The van der Waals surface area contributed by atoms with Crippen molar-refractivity contribution in [2.24, 2.45) is 0 Å². The van der Waals surface area contributed by atoms with Gasteiger partial charge in [-0.25, -0.2) is 0 Å². The van der Waals surface area contributed by atoms with Crippen molar-refractivity contribution in [1.82, 2.24) is 5.32 Å². The first-order chi connectivity index (χ1) is 28.8. The van der Waals surface area contributed by atoms with Gasteiger partial charge in [-0.05, 0) is 55.8 Å². The summed E-state index contributed by atoms with van der Waals surface area (Å²) in [4.78, 5) is 7.72. The van der Waals surface area contributed by atoms with Crippen molar-refractivity contribution in [2.75, 3.05) is 36.0 Å². The zero-order valence-corrected chi connectivity index (χ0v) is 34.3. The van der Waals surface area contributed by atoms with Gasteiger partial charge in [0.05, 0.1) is 32.2 Å². The van der Waals surface area contributed by atoms with Crippen LogP contribution in [0.3, 0.4) is 0 Å². The van der Waals surface area contributed by atoms with E-state index in [2.05, 4.69) is 134 Å². The number of anilines is 2. The van der Waals surface area contributed by atoms with Gasteiger partial charge in [-0.1, -0.05) is 66.3 Å². The van der Waals surface area contributed by atoms with Gasteiger partial charge in [0, 0.05) is 102 Å². The summed E-state index contributed by atoms with van der Waals surface area (Å²) in [6.45, 7) is 6.09. The Morgan fingerprint density at radius 2 is 1.07 bits per heavy atom.